The highest BCUT2D eigenvalue weighted by molar-refractivity contribution is 9.10. The molecule has 36 heavy (non-hydrogen) atoms. The third kappa shape index (κ3) is 5.19. The number of ether oxygens (including phenoxy) is 1. The Labute approximate surface area is 222 Å². The van der Waals surface area contributed by atoms with Gasteiger partial charge in [-0.15, -0.1) is 0 Å². The second-order valence-corrected chi connectivity index (χ2v) is 10.9. The van der Waals surface area contributed by atoms with Crippen molar-refractivity contribution in [2.24, 2.45) is 7.05 Å². The van der Waals surface area contributed by atoms with Crippen molar-refractivity contribution >= 4 is 44.5 Å². The highest BCUT2D eigenvalue weighted by Crippen LogP contribution is 2.42. The van der Waals surface area contributed by atoms with Gasteiger partial charge in [0.2, 0.25) is 11.9 Å². The molecule has 0 bridgehead atoms. The zero-order chi connectivity index (χ0) is 26.0. The first-order valence-corrected chi connectivity index (χ1v) is 13.7. The maximum Gasteiger partial charge on any atom is 0.222 e. The van der Waals surface area contributed by atoms with Gasteiger partial charge in [-0.1, -0.05) is 15.9 Å². The SMILES string of the molecule is COc1cc(Br)cc(C)c1-c1ccc(N(CCCC(=O)N2CCCCC2)C(C)C)c2c1nc(N)n2C. The Balaban J connectivity index is 1.69. The molecule has 2 heterocycles. The van der Waals surface area contributed by atoms with E-state index in [1.54, 1.807) is 7.11 Å². The van der Waals surface area contributed by atoms with E-state index in [9.17, 15) is 4.79 Å². The molecule has 0 unspecified atom stereocenters. The van der Waals surface area contributed by atoms with Crippen LogP contribution in [0.15, 0.2) is 28.7 Å². The molecular weight excluding hydrogens is 518 g/mol. The monoisotopic (exact) mass is 555 g/mol. The molecule has 1 aliphatic heterocycles. The van der Waals surface area contributed by atoms with E-state index in [0.717, 1.165) is 82.5 Å². The van der Waals surface area contributed by atoms with Crippen LogP contribution in [0.5, 0.6) is 5.75 Å². The number of benzene rings is 2. The molecule has 1 aliphatic rings. The molecule has 194 valence electrons. The molecule has 1 aromatic heterocycles. The average Bonchev–Trinajstić information content (AvgIpc) is 3.16. The smallest absolute Gasteiger partial charge is 0.222 e. The maximum absolute atomic E-state index is 12.7. The molecule has 2 N–H and O–H groups in total. The molecule has 1 saturated heterocycles. The number of carbonyl (C=O) groups excluding carboxylic acids is 1. The summed E-state index contributed by atoms with van der Waals surface area (Å²) in [5.41, 5.74) is 12.4. The van der Waals surface area contributed by atoms with Crippen LogP contribution in [0.1, 0.15) is 51.5 Å². The number of rotatable bonds is 8. The van der Waals surface area contributed by atoms with Crippen LogP contribution >= 0.6 is 15.9 Å². The molecule has 1 fully saturated rings. The Morgan fingerprint density at radius 1 is 1.22 bits per heavy atom. The summed E-state index contributed by atoms with van der Waals surface area (Å²) in [4.78, 5) is 21.9. The molecular formula is C28H38BrN5O2. The van der Waals surface area contributed by atoms with Crippen molar-refractivity contribution in [1.29, 1.82) is 0 Å². The molecule has 1 amide bonds. The summed E-state index contributed by atoms with van der Waals surface area (Å²) in [5, 5.41) is 0. The average molecular weight is 557 g/mol. The third-order valence-electron chi connectivity index (χ3n) is 7.22. The maximum atomic E-state index is 12.7. The number of hydrogen-bond acceptors (Lipinski definition) is 5. The second kappa shape index (κ2) is 11.1. The van der Waals surface area contributed by atoms with Crippen molar-refractivity contribution in [1.82, 2.24) is 14.5 Å². The predicted molar refractivity (Wildman–Crippen MR) is 152 cm³/mol. The lowest BCUT2D eigenvalue weighted by molar-refractivity contribution is -0.132. The summed E-state index contributed by atoms with van der Waals surface area (Å²) in [7, 11) is 3.65. The highest BCUT2D eigenvalue weighted by atomic mass is 79.9. The van der Waals surface area contributed by atoms with E-state index >= 15 is 0 Å². The molecule has 0 radical (unpaired) electrons. The first-order valence-electron chi connectivity index (χ1n) is 12.9. The number of aryl methyl sites for hydroxylation is 2. The minimum Gasteiger partial charge on any atom is -0.496 e. The minimum atomic E-state index is 0.254. The highest BCUT2D eigenvalue weighted by Gasteiger charge is 2.23. The number of nitrogens with two attached hydrogens (primary N) is 1. The van der Waals surface area contributed by atoms with Gasteiger partial charge in [-0.3, -0.25) is 4.79 Å². The van der Waals surface area contributed by atoms with Crippen LogP contribution in [0.2, 0.25) is 0 Å². The Kier molecular flexibility index (Phi) is 8.13. The van der Waals surface area contributed by atoms with Crippen LogP contribution in [0.4, 0.5) is 11.6 Å². The van der Waals surface area contributed by atoms with Crippen LogP contribution < -0.4 is 15.4 Å². The number of nitrogen functional groups attached to an aromatic ring is 1. The van der Waals surface area contributed by atoms with E-state index in [2.05, 4.69) is 59.8 Å². The fourth-order valence-electron chi connectivity index (χ4n) is 5.33. The van der Waals surface area contributed by atoms with Crippen LogP contribution in [-0.4, -0.2) is 53.1 Å². The van der Waals surface area contributed by atoms with Crippen molar-refractivity contribution in [3.63, 3.8) is 0 Å². The van der Waals surface area contributed by atoms with E-state index in [4.69, 9.17) is 15.5 Å². The number of fused-ring (bicyclic) bond motifs is 1. The summed E-state index contributed by atoms with van der Waals surface area (Å²) in [6.45, 7) is 9.05. The first kappa shape index (κ1) is 26.3. The predicted octanol–water partition coefficient (Wildman–Crippen LogP) is 5.91. The van der Waals surface area contributed by atoms with Crippen molar-refractivity contribution in [3.8, 4) is 16.9 Å². The third-order valence-corrected chi connectivity index (χ3v) is 7.68. The summed E-state index contributed by atoms with van der Waals surface area (Å²) in [5.74, 6) is 1.54. The lowest BCUT2D eigenvalue weighted by atomic mass is 9.97. The van der Waals surface area contributed by atoms with Gasteiger partial charge in [-0.25, -0.2) is 4.98 Å². The first-order chi connectivity index (χ1) is 17.2. The van der Waals surface area contributed by atoms with Crippen LogP contribution in [0, 0.1) is 6.92 Å². The number of likely N-dealkylation sites (tertiary alicyclic amines) is 1. The van der Waals surface area contributed by atoms with Crippen molar-refractivity contribution in [2.45, 2.75) is 58.9 Å². The Hall–Kier alpha value is -2.74. The molecule has 8 heteroatoms. The topological polar surface area (TPSA) is 76.6 Å². The molecule has 4 rings (SSSR count). The van der Waals surface area contributed by atoms with Gasteiger partial charge in [0.25, 0.3) is 0 Å². The number of hydrogen-bond donors (Lipinski definition) is 1. The largest absolute Gasteiger partial charge is 0.496 e. The number of aromatic nitrogens is 2. The van der Waals surface area contributed by atoms with E-state index < -0.39 is 0 Å². The van der Waals surface area contributed by atoms with Gasteiger partial charge in [0.05, 0.1) is 18.3 Å². The van der Waals surface area contributed by atoms with Gasteiger partial charge < -0.3 is 24.8 Å². The summed E-state index contributed by atoms with van der Waals surface area (Å²) in [6.07, 6.45) is 4.87. The van der Waals surface area contributed by atoms with E-state index in [1.807, 2.05) is 22.6 Å². The number of nitrogens with zero attached hydrogens (tertiary/aromatic N) is 4. The lowest BCUT2D eigenvalue weighted by Gasteiger charge is -2.31. The Morgan fingerprint density at radius 3 is 2.61 bits per heavy atom. The van der Waals surface area contributed by atoms with Crippen molar-refractivity contribution < 1.29 is 9.53 Å². The summed E-state index contributed by atoms with van der Waals surface area (Å²) < 4.78 is 8.68. The quantitative estimate of drug-likeness (QED) is 0.374. The summed E-state index contributed by atoms with van der Waals surface area (Å²) >= 11 is 3.58. The zero-order valence-corrected chi connectivity index (χ0v) is 23.7. The van der Waals surface area contributed by atoms with Gasteiger partial charge >= 0.3 is 0 Å². The van der Waals surface area contributed by atoms with Crippen LogP contribution in [-0.2, 0) is 11.8 Å². The molecule has 0 atom stereocenters. The van der Waals surface area contributed by atoms with Gasteiger partial charge in [0.1, 0.15) is 11.3 Å². The molecule has 7 nitrogen and oxygen atoms in total. The molecule has 0 saturated carbocycles. The minimum absolute atomic E-state index is 0.254. The fourth-order valence-corrected chi connectivity index (χ4v) is 5.88. The molecule has 2 aromatic carbocycles. The number of amides is 1. The van der Waals surface area contributed by atoms with Gasteiger partial charge in [0, 0.05) is 54.7 Å². The number of halogens is 1. The van der Waals surface area contributed by atoms with Crippen molar-refractivity contribution in [3.05, 3.63) is 34.3 Å². The standard InChI is InChI=1S/C28H38BrN5O2/c1-18(2)34(15-9-10-24(35)33-13-7-6-8-14-33)22-12-11-21(26-27(22)32(4)28(30)31-26)25-19(3)16-20(29)17-23(25)36-5/h11-12,16-18H,6-10,13-15H2,1-5H3,(H2,30,31). The van der Waals surface area contributed by atoms with Gasteiger partial charge in [-0.2, -0.15) is 0 Å². The van der Waals surface area contributed by atoms with Gasteiger partial charge in [-0.05, 0) is 76.3 Å². The van der Waals surface area contributed by atoms with E-state index in [0.29, 0.717) is 12.4 Å². The Bertz CT molecular complexity index is 1250. The van der Waals surface area contributed by atoms with Crippen LogP contribution in [0.25, 0.3) is 22.2 Å². The second-order valence-electron chi connectivity index (χ2n) is 9.99. The van der Waals surface area contributed by atoms with Gasteiger partial charge in [0.15, 0.2) is 0 Å². The number of carbonyl (C=O) groups is 1. The number of imidazole rings is 1. The molecule has 0 aliphatic carbocycles. The summed E-state index contributed by atoms with van der Waals surface area (Å²) in [6, 6.07) is 8.60. The van der Waals surface area contributed by atoms with Crippen molar-refractivity contribution in [2.75, 3.05) is 37.4 Å². The number of methoxy groups -OCH3 is 1. The van der Waals surface area contributed by atoms with Crippen LogP contribution in [0.3, 0.4) is 0 Å². The normalized spacial score (nSPS) is 14.0. The van der Waals surface area contributed by atoms with E-state index in [1.165, 1.54) is 6.42 Å². The number of anilines is 2. The fraction of sp³-hybridized carbons (Fsp3) is 0.500. The molecule has 3 aromatic rings. The van der Waals surface area contributed by atoms with E-state index in [-0.39, 0.29) is 11.9 Å². The lowest BCUT2D eigenvalue weighted by Crippen LogP contribution is -2.37. The number of piperidine rings is 1. The Morgan fingerprint density at radius 2 is 1.94 bits per heavy atom. The zero-order valence-electron chi connectivity index (χ0n) is 22.1. The molecule has 0 spiro atoms.